The second-order valence-corrected chi connectivity index (χ2v) is 5.81. The molecule has 7 heteroatoms. The highest BCUT2D eigenvalue weighted by atomic mass is 35.5. The third-order valence-corrected chi connectivity index (χ3v) is 4.34. The molecule has 1 aromatic heterocycles. The number of nitrogen functional groups attached to an aromatic ring is 1. The highest BCUT2D eigenvalue weighted by molar-refractivity contribution is 7.99. The van der Waals surface area contributed by atoms with Crippen LogP contribution in [0.25, 0.3) is 11.0 Å². The Morgan fingerprint density at radius 1 is 1.29 bits per heavy atom. The lowest BCUT2D eigenvalue weighted by atomic mass is 10.2. The summed E-state index contributed by atoms with van der Waals surface area (Å²) in [6.07, 6.45) is 0. The van der Waals surface area contributed by atoms with Crippen LogP contribution in [0.4, 0.5) is 5.69 Å². The first-order valence-electron chi connectivity index (χ1n) is 6.06. The van der Waals surface area contributed by atoms with Gasteiger partial charge in [-0.1, -0.05) is 23.7 Å². The number of nitrogens with two attached hydrogens (primary N) is 2. The zero-order valence-electron chi connectivity index (χ0n) is 10.8. The first-order valence-corrected chi connectivity index (χ1v) is 7.25. The molecule has 0 aliphatic carbocycles. The number of H-pyrrole nitrogens is 1. The normalized spacial score (nSPS) is 10.9. The van der Waals surface area contributed by atoms with Gasteiger partial charge in [0, 0.05) is 10.6 Å². The van der Waals surface area contributed by atoms with Gasteiger partial charge in [0.15, 0.2) is 5.16 Å². The SMILES string of the molecule is NC(=O)c1cc(N)cc(Cl)c1Sc1nc2ccccc2[nH]1. The number of amides is 1. The number of fused-ring (bicyclic) bond motifs is 1. The van der Waals surface area contributed by atoms with E-state index in [1.54, 1.807) is 6.07 Å². The number of aromatic nitrogens is 2. The molecule has 0 spiro atoms. The van der Waals surface area contributed by atoms with Gasteiger partial charge < -0.3 is 16.5 Å². The number of benzene rings is 2. The molecule has 0 unspecified atom stereocenters. The quantitative estimate of drug-likeness (QED) is 0.646. The lowest BCUT2D eigenvalue weighted by Crippen LogP contribution is -2.13. The number of nitrogens with zero attached hydrogens (tertiary/aromatic N) is 1. The molecule has 5 nitrogen and oxygen atoms in total. The fraction of sp³-hybridized carbons (Fsp3) is 0. The van der Waals surface area contributed by atoms with Crippen LogP contribution >= 0.6 is 23.4 Å². The van der Waals surface area contributed by atoms with Gasteiger partial charge in [-0.05, 0) is 36.0 Å². The Bertz CT molecular complexity index is 813. The van der Waals surface area contributed by atoms with Gasteiger partial charge in [-0.25, -0.2) is 4.98 Å². The number of para-hydroxylation sites is 2. The van der Waals surface area contributed by atoms with Crippen molar-refractivity contribution in [2.24, 2.45) is 5.73 Å². The Morgan fingerprint density at radius 3 is 2.76 bits per heavy atom. The molecule has 21 heavy (non-hydrogen) atoms. The van der Waals surface area contributed by atoms with E-state index in [9.17, 15) is 4.79 Å². The largest absolute Gasteiger partial charge is 0.399 e. The fourth-order valence-electron chi connectivity index (χ4n) is 1.98. The van der Waals surface area contributed by atoms with Gasteiger partial charge in [0.25, 0.3) is 0 Å². The molecule has 3 aromatic rings. The summed E-state index contributed by atoms with van der Waals surface area (Å²) in [6, 6.07) is 10.7. The Morgan fingerprint density at radius 2 is 2.05 bits per heavy atom. The highest BCUT2D eigenvalue weighted by Gasteiger charge is 2.16. The smallest absolute Gasteiger partial charge is 0.249 e. The number of carbonyl (C=O) groups excluding carboxylic acids is 1. The second kappa shape index (κ2) is 5.31. The predicted octanol–water partition coefficient (Wildman–Crippen LogP) is 3.05. The molecule has 1 heterocycles. The van der Waals surface area contributed by atoms with Gasteiger partial charge in [-0.2, -0.15) is 0 Å². The summed E-state index contributed by atoms with van der Waals surface area (Å²) in [6.45, 7) is 0. The number of aromatic amines is 1. The third kappa shape index (κ3) is 2.68. The first kappa shape index (κ1) is 13.8. The highest BCUT2D eigenvalue weighted by Crippen LogP contribution is 2.36. The Kier molecular flexibility index (Phi) is 3.48. The van der Waals surface area contributed by atoms with Crippen molar-refractivity contribution in [3.05, 3.63) is 47.0 Å². The fourth-order valence-corrected chi connectivity index (χ4v) is 3.24. The Balaban J connectivity index is 2.06. The van der Waals surface area contributed by atoms with E-state index in [4.69, 9.17) is 23.1 Å². The molecule has 3 rings (SSSR count). The maximum Gasteiger partial charge on any atom is 0.249 e. The van der Waals surface area contributed by atoms with E-state index >= 15 is 0 Å². The standard InChI is InChI=1S/C14H11ClN4OS/c15-9-6-7(16)5-8(13(17)20)12(9)21-14-18-10-3-1-2-4-11(10)19-14/h1-6H,16H2,(H2,17,20)(H,18,19). The number of primary amides is 1. The second-order valence-electron chi connectivity index (χ2n) is 4.40. The van der Waals surface area contributed by atoms with Crippen molar-refractivity contribution >= 4 is 46.0 Å². The summed E-state index contributed by atoms with van der Waals surface area (Å²) in [4.78, 5) is 19.7. The van der Waals surface area contributed by atoms with Crippen LogP contribution in [0.3, 0.4) is 0 Å². The van der Waals surface area contributed by atoms with Gasteiger partial charge in [0.1, 0.15) is 0 Å². The van der Waals surface area contributed by atoms with Crippen LogP contribution in [-0.4, -0.2) is 15.9 Å². The maximum absolute atomic E-state index is 11.6. The molecular weight excluding hydrogens is 308 g/mol. The summed E-state index contributed by atoms with van der Waals surface area (Å²) >= 11 is 7.43. The minimum Gasteiger partial charge on any atom is -0.399 e. The van der Waals surface area contributed by atoms with Crippen molar-refractivity contribution in [3.63, 3.8) is 0 Å². The van der Waals surface area contributed by atoms with Crippen LogP contribution in [0.2, 0.25) is 5.02 Å². The molecule has 0 saturated heterocycles. The molecule has 106 valence electrons. The number of anilines is 1. The molecule has 0 bridgehead atoms. The van der Waals surface area contributed by atoms with Crippen molar-refractivity contribution < 1.29 is 4.79 Å². The van der Waals surface area contributed by atoms with Gasteiger partial charge in [0.05, 0.1) is 21.6 Å². The molecule has 0 radical (unpaired) electrons. The van der Waals surface area contributed by atoms with Crippen molar-refractivity contribution in [3.8, 4) is 0 Å². The molecule has 0 aliphatic rings. The number of carbonyl (C=O) groups is 1. The van der Waals surface area contributed by atoms with Crippen molar-refractivity contribution in [2.75, 3.05) is 5.73 Å². The zero-order valence-corrected chi connectivity index (χ0v) is 12.3. The molecular formula is C14H11ClN4OS. The van der Waals surface area contributed by atoms with Gasteiger partial charge in [-0.15, -0.1) is 0 Å². The predicted molar refractivity (Wildman–Crippen MR) is 84.6 cm³/mol. The first-order chi connectivity index (χ1) is 10.0. The van der Waals surface area contributed by atoms with Crippen LogP contribution in [0.5, 0.6) is 0 Å². The van der Waals surface area contributed by atoms with Crippen LogP contribution in [0.15, 0.2) is 46.5 Å². The summed E-state index contributed by atoms with van der Waals surface area (Å²) in [5.74, 6) is -0.581. The Hall–Kier alpha value is -2.18. The summed E-state index contributed by atoms with van der Waals surface area (Å²) in [5.41, 5.74) is 13.5. The summed E-state index contributed by atoms with van der Waals surface area (Å²) < 4.78 is 0. The molecule has 1 amide bonds. The van der Waals surface area contributed by atoms with Crippen LogP contribution in [0.1, 0.15) is 10.4 Å². The zero-order chi connectivity index (χ0) is 15.0. The molecule has 0 fully saturated rings. The van der Waals surface area contributed by atoms with Crippen molar-refractivity contribution in [1.82, 2.24) is 9.97 Å². The monoisotopic (exact) mass is 318 g/mol. The van der Waals surface area contributed by atoms with Crippen LogP contribution in [0, 0.1) is 0 Å². The molecule has 0 saturated carbocycles. The number of rotatable bonds is 3. The van der Waals surface area contributed by atoms with Crippen LogP contribution in [-0.2, 0) is 0 Å². The number of hydrogen-bond acceptors (Lipinski definition) is 4. The maximum atomic E-state index is 11.6. The summed E-state index contributed by atoms with van der Waals surface area (Å²) in [7, 11) is 0. The minimum atomic E-state index is -0.581. The number of hydrogen-bond donors (Lipinski definition) is 3. The topological polar surface area (TPSA) is 97.8 Å². The number of imidazole rings is 1. The average Bonchev–Trinajstić information content (AvgIpc) is 2.83. The van der Waals surface area contributed by atoms with Gasteiger partial charge in [0.2, 0.25) is 5.91 Å². The van der Waals surface area contributed by atoms with E-state index in [0.29, 0.717) is 20.8 Å². The van der Waals surface area contributed by atoms with E-state index in [2.05, 4.69) is 9.97 Å². The minimum absolute atomic E-state index is 0.283. The number of nitrogens with one attached hydrogen (secondary N) is 1. The van der Waals surface area contributed by atoms with Gasteiger partial charge in [-0.3, -0.25) is 4.79 Å². The molecule has 0 atom stereocenters. The van der Waals surface area contributed by atoms with Crippen molar-refractivity contribution in [1.29, 1.82) is 0 Å². The van der Waals surface area contributed by atoms with E-state index in [1.807, 2.05) is 24.3 Å². The Labute approximate surface area is 129 Å². The van der Waals surface area contributed by atoms with Crippen LogP contribution < -0.4 is 11.5 Å². The van der Waals surface area contributed by atoms with E-state index < -0.39 is 5.91 Å². The lowest BCUT2D eigenvalue weighted by Gasteiger charge is -2.08. The molecule has 2 aromatic carbocycles. The van der Waals surface area contributed by atoms with E-state index in [-0.39, 0.29) is 5.56 Å². The average molecular weight is 319 g/mol. The lowest BCUT2D eigenvalue weighted by molar-refractivity contribution is 0.0997. The number of halogens is 1. The molecule has 5 N–H and O–H groups in total. The van der Waals surface area contributed by atoms with E-state index in [0.717, 1.165) is 11.0 Å². The van der Waals surface area contributed by atoms with Crippen molar-refractivity contribution in [2.45, 2.75) is 10.1 Å². The summed E-state index contributed by atoms with van der Waals surface area (Å²) in [5, 5.41) is 1.000. The molecule has 0 aliphatic heterocycles. The third-order valence-electron chi connectivity index (χ3n) is 2.90. The van der Waals surface area contributed by atoms with Gasteiger partial charge >= 0.3 is 0 Å². The van der Waals surface area contributed by atoms with E-state index in [1.165, 1.54) is 17.8 Å².